The summed E-state index contributed by atoms with van der Waals surface area (Å²) in [6, 6.07) is 11.9. The summed E-state index contributed by atoms with van der Waals surface area (Å²) in [6.45, 7) is 1.99. The Kier molecular flexibility index (Phi) is 4.19. The van der Waals surface area contributed by atoms with Gasteiger partial charge < -0.3 is 4.90 Å². The van der Waals surface area contributed by atoms with E-state index >= 15 is 0 Å². The number of anilines is 1. The number of nitrogens with zero attached hydrogens (tertiary/aromatic N) is 1. The zero-order chi connectivity index (χ0) is 14.0. The molecule has 0 spiro atoms. The Morgan fingerprint density at radius 2 is 1.79 bits per heavy atom. The lowest BCUT2D eigenvalue weighted by molar-refractivity contribution is 0.0992. The summed E-state index contributed by atoms with van der Waals surface area (Å²) in [5, 5.41) is 0. The zero-order valence-electron chi connectivity index (χ0n) is 10.7. The quantitative estimate of drug-likeness (QED) is 0.733. The first-order valence-corrected chi connectivity index (χ1v) is 6.86. The van der Waals surface area contributed by atoms with Crippen LogP contribution in [0.15, 0.2) is 42.5 Å². The van der Waals surface area contributed by atoms with E-state index in [4.69, 9.17) is 0 Å². The van der Waals surface area contributed by atoms with Crippen LogP contribution in [0.4, 0.5) is 10.1 Å². The molecule has 0 atom stereocenters. The number of amides is 1. The molecule has 2 aromatic carbocycles. The third-order valence-electron chi connectivity index (χ3n) is 2.89. The normalized spacial score (nSPS) is 10.3. The van der Waals surface area contributed by atoms with Gasteiger partial charge in [0.05, 0.1) is 5.56 Å². The molecule has 19 heavy (non-hydrogen) atoms. The van der Waals surface area contributed by atoms with Crippen LogP contribution in [-0.4, -0.2) is 13.0 Å². The number of benzene rings is 2. The highest BCUT2D eigenvalue weighted by Crippen LogP contribution is 2.20. The van der Waals surface area contributed by atoms with Crippen LogP contribution >= 0.6 is 22.6 Å². The molecule has 0 aliphatic heterocycles. The summed E-state index contributed by atoms with van der Waals surface area (Å²) >= 11 is 1.97. The summed E-state index contributed by atoms with van der Waals surface area (Å²) in [6.07, 6.45) is 0. The number of hydrogen-bond acceptors (Lipinski definition) is 1. The molecule has 2 aromatic rings. The van der Waals surface area contributed by atoms with Gasteiger partial charge in [0.25, 0.3) is 5.91 Å². The van der Waals surface area contributed by atoms with Gasteiger partial charge in [0, 0.05) is 16.3 Å². The minimum atomic E-state index is -0.334. The molecule has 2 rings (SSSR count). The van der Waals surface area contributed by atoms with E-state index in [1.807, 2.05) is 53.8 Å². The number of carbonyl (C=O) groups is 1. The maximum Gasteiger partial charge on any atom is 0.259 e. The second-order valence-corrected chi connectivity index (χ2v) is 5.49. The van der Waals surface area contributed by atoms with Crippen molar-refractivity contribution in [3.05, 3.63) is 63.0 Å². The molecular weight excluding hydrogens is 356 g/mol. The van der Waals surface area contributed by atoms with Crippen LogP contribution in [0.5, 0.6) is 0 Å². The predicted molar refractivity (Wildman–Crippen MR) is 83.0 cm³/mol. The number of hydrogen-bond donors (Lipinski definition) is 0. The van der Waals surface area contributed by atoms with Gasteiger partial charge in [-0.1, -0.05) is 17.7 Å². The average Bonchev–Trinajstić information content (AvgIpc) is 2.38. The molecule has 98 valence electrons. The molecule has 2 nitrogen and oxygen atoms in total. The van der Waals surface area contributed by atoms with E-state index in [-0.39, 0.29) is 11.7 Å². The second kappa shape index (κ2) is 5.69. The molecule has 0 saturated heterocycles. The highest BCUT2D eigenvalue weighted by molar-refractivity contribution is 14.1. The van der Waals surface area contributed by atoms with Crippen LogP contribution in [0.1, 0.15) is 15.9 Å². The predicted octanol–water partition coefficient (Wildman–Crippen LogP) is 4.02. The highest BCUT2D eigenvalue weighted by atomic mass is 127. The first-order valence-electron chi connectivity index (χ1n) is 5.79. The minimum Gasteiger partial charge on any atom is -0.311 e. The van der Waals surface area contributed by atoms with Crippen LogP contribution < -0.4 is 4.90 Å². The van der Waals surface area contributed by atoms with E-state index in [1.54, 1.807) is 11.9 Å². The van der Waals surface area contributed by atoms with Crippen LogP contribution in [0.3, 0.4) is 0 Å². The summed E-state index contributed by atoms with van der Waals surface area (Å²) in [5.74, 6) is -0.479. The molecule has 0 unspecified atom stereocenters. The average molecular weight is 369 g/mol. The van der Waals surface area contributed by atoms with Crippen molar-refractivity contribution in [3.63, 3.8) is 0 Å². The summed E-state index contributed by atoms with van der Waals surface area (Å²) in [5.41, 5.74) is 2.46. The molecule has 0 bridgehead atoms. The fourth-order valence-electron chi connectivity index (χ4n) is 1.73. The number of halogens is 2. The van der Waals surface area contributed by atoms with E-state index in [0.717, 1.165) is 11.3 Å². The van der Waals surface area contributed by atoms with Gasteiger partial charge in [0.2, 0.25) is 0 Å². The standard InChI is InChI=1S/C15H13FINO/c1-10-3-6-12(7-4-10)18(2)15(19)13-8-5-11(16)9-14(13)17/h3-9H,1-2H3. The van der Waals surface area contributed by atoms with Crippen LogP contribution in [0.2, 0.25) is 0 Å². The number of carbonyl (C=O) groups excluding carboxylic acids is 1. The Hall–Kier alpha value is -1.43. The largest absolute Gasteiger partial charge is 0.311 e. The van der Waals surface area contributed by atoms with Crippen LogP contribution in [0, 0.1) is 16.3 Å². The molecular formula is C15H13FINO. The van der Waals surface area contributed by atoms with Crippen molar-refractivity contribution >= 4 is 34.2 Å². The van der Waals surface area contributed by atoms with Crippen molar-refractivity contribution < 1.29 is 9.18 Å². The Morgan fingerprint density at radius 1 is 1.16 bits per heavy atom. The smallest absolute Gasteiger partial charge is 0.259 e. The molecule has 0 saturated carbocycles. The molecule has 0 heterocycles. The third-order valence-corrected chi connectivity index (χ3v) is 3.78. The Bertz CT molecular complexity index is 610. The fraction of sp³-hybridized carbons (Fsp3) is 0.133. The van der Waals surface area contributed by atoms with E-state index in [0.29, 0.717) is 9.13 Å². The summed E-state index contributed by atoms with van der Waals surface area (Å²) in [7, 11) is 1.71. The van der Waals surface area contributed by atoms with Crippen molar-refractivity contribution in [2.24, 2.45) is 0 Å². The van der Waals surface area contributed by atoms with Gasteiger partial charge in [0.15, 0.2) is 0 Å². The van der Waals surface area contributed by atoms with Gasteiger partial charge >= 0.3 is 0 Å². The van der Waals surface area contributed by atoms with E-state index < -0.39 is 0 Å². The minimum absolute atomic E-state index is 0.145. The molecule has 0 aliphatic carbocycles. The van der Waals surface area contributed by atoms with Gasteiger partial charge in [-0.25, -0.2) is 4.39 Å². The first-order chi connectivity index (χ1) is 8.99. The first kappa shape index (κ1) is 14.0. The molecule has 4 heteroatoms. The monoisotopic (exact) mass is 369 g/mol. The summed E-state index contributed by atoms with van der Waals surface area (Å²) in [4.78, 5) is 13.9. The van der Waals surface area contributed by atoms with E-state index in [9.17, 15) is 9.18 Å². The van der Waals surface area contributed by atoms with Crippen molar-refractivity contribution in [3.8, 4) is 0 Å². The highest BCUT2D eigenvalue weighted by Gasteiger charge is 2.16. The van der Waals surface area contributed by atoms with Gasteiger partial charge in [-0.15, -0.1) is 0 Å². The molecule has 0 fully saturated rings. The van der Waals surface area contributed by atoms with E-state index in [1.165, 1.54) is 18.2 Å². The van der Waals surface area contributed by atoms with Crippen molar-refractivity contribution in [2.45, 2.75) is 6.92 Å². The lowest BCUT2D eigenvalue weighted by Crippen LogP contribution is -2.27. The third kappa shape index (κ3) is 3.12. The lowest BCUT2D eigenvalue weighted by Gasteiger charge is -2.18. The second-order valence-electron chi connectivity index (χ2n) is 4.32. The van der Waals surface area contributed by atoms with Gasteiger partial charge in [-0.2, -0.15) is 0 Å². The number of rotatable bonds is 2. The van der Waals surface area contributed by atoms with Crippen molar-refractivity contribution in [1.29, 1.82) is 0 Å². The topological polar surface area (TPSA) is 20.3 Å². The fourth-order valence-corrected chi connectivity index (χ4v) is 2.44. The van der Waals surface area contributed by atoms with Gasteiger partial charge in [0.1, 0.15) is 5.82 Å². The van der Waals surface area contributed by atoms with Crippen LogP contribution in [-0.2, 0) is 0 Å². The number of aryl methyl sites for hydroxylation is 1. The molecule has 0 aliphatic rings. The summed E-state index contributed by atoms with van der Waals surface area (Å²) < 4.78 is 13.7. The Balaban J connectivity index is 2.30. The molecule has 0 aromatic heterocycles. The van der Waals surface area contributed by atoms with Crippen molar-refractivity contribution in [2.75, 3.05) is 11.9 Å². The molecule has 0 N–H and O–H groups in total. The lowest BCUT2D eigenvalue weighted by atomic mass is 10.1. The Morgan fingerprint density at radius 3 is 2.37 bits per heavy atom. The van der Waals surface area contributed by atoms with Gasteiger partial charge in [-0.05, 0) is 59.8 Å². The zero-order valence-corrected chi connectivity index (χ0v) is 12.8. The maximum absolute atomic E-state index is 13.0. The van der Waals surface area contributed by atoms with Crippen LogP contribution in [0.25, 0.3) is 0 Å². The van der Waals surface area contributed by atoms with E-state index in [2.05, 4.69) is 0 Å². The van der Waals surface area contributed by atoms with Gasteiger partial charge in [-0.3, -0.25) is 4.79 Å². The Labute approximate surface area is 125 Å². The molecule has 0 radical (unpaired) electrons. The molecule has 1 amide bonds. The SMILES string of the molecule is Cc1ccc(N(C)C(=O)c2ccc(F)cc2I)cc1. The van der Waals surface area contributed by atoms with Crippen molar-refractivity contribution in [1.82, 2.24) is 0 Å². The maximum atomic E-state index is 13.0.